The molecular formula is C30H35FN2O. The Hall–Kier alpha value is -2.98. The van der Waals surface area contributed by atoms with E-state index < -0.39 is 0 Å². The molecule has 0 radical (unpaired) electrons. The summed E-state index contributed by atoms with van der Waals surface area (Å²) in [5, 5.41) is 0. The molecular weight excluding hydrogens is 423 g/mol. The summed E-state index contributed by atoms with van der Waals surface area (Å²) in [4.78, 5) is 17.9. The molecule has 0 N–H and O–H groups in total. The number of hydrogen-bond donors (Lipinski definition) is 0. The molecule has 3 nitrogen and oxygen atoms in total. The summed E-state index contributed by atoms with van der Waals surface area (Å²) in [5.41, 5.74) is 4.44. The molecule has 1 fully saturated rings. The fraction of sp³-hybridized carbons (Fsp3) is 0.367. The van der Waals surface area contributed by atoms with Crippen molar-refractivity contribution < 1.29 is 9.18 Å². The first-order valence-corrected chi connectivity index (χ1v) is 12.3. The molecule has 0 aromatic heterocycles. The van der Waals surface area contributed by atoms with Gasteiger partial charge in [-0.3, -0.25) is 9.69 Å². The lowest BCUT2D eigenvalue weighted by Crippen LogP contribution is -2.39. The first kappa shape index (κ1) is 24.2. The van der Waals surface area contributed by atoms with E-state index in [9.17, 15) is 9.18 Å². The van der Waals surface area contributed by atoms with E-state index in [4.69, 9.17) is 0 Å². The lowest BCUT2D eigenvalue weighted by molar-refractivity contribution is 0.0703. The average Bonchev–Trinajstić information content (AvgIpc) is 3.22. The van der Waals surface area contributed by atoms with Gasteiger partial charge in [0.25, 0.3) is 5.91 Å². The summed E-state index contributed by atoms with van der Waals surface area (Å²) < 4.78 is 13.7. The maximum atomic E-state index is 13.7. The fourth-order valence-electron chi connectivity index (χ4n) is 5.04. The van der Waals surface area contributed by atoms with Gasteiger partial charge in [-0.25, -0.2) is 4.39 Å². The SMILES string of the molecule is Cc1ccc(CN2C[C@@H](CN(CC(C)C)C(=O)c3ccccc3)[C@H](c3ccc(F)cc3)C2)cc1. The van der Waals surface area contributed by atoms with Gasteiger partial charge in [0.2, 0.25) is 0 Å². The molecule has 34 heavy (non-hydrogen) atoms. The third-order valence-corrected chi connectivity index (χ3v) is 6.69. The van der Waals surface area contributed by atoms with E-state index in [0.717, 1.165) is 37.3 Å². The Morgan fingerprint density at radius 3 is 2.29 bits per heavy atom. The summed E-state index contributed by atoms with van der Waals surface area (Å²) in [6, 6.07) is 25.2. The maximum absolute atomic E-state index is 13.7. The highest BCUT2D eigenvalue weighted by molar-refractivity contribution is 5.94. The van der Waals surface area contributed by atoms with Crippen molar-refractivity contribution in [2.45, 2.75) is 33.2 Å². The number of carbonyl (C=O) groups is 1. The van der Waals surface area contributed by atoms with Crippen molar-refractivity contribution in [1.29, 1.82) is 0 Å². The summed E-state index contributed by atoms with van der Waals surface area (Å²) in [6.45, 7) is 10.5. The van der Waals surface area contributed by atoms with Crippen molar-refractivity contribution in [3.05, 3.63) is 107 Å². The predicted molar refractivity (Wildman–Crippen MR) is 136 cm³/mol. The third kappa shape index (κ3) is 6.12. The number of likely N-dealkylation sites (tertiary alicyclic amines) is 1. The maximum Gasteiger partial charge on any atom is 0.253 e. The van der Waals surface area contributed by atoms with E-state index >= 15 is 0 Å². The van der Waals surface area contributed by atoms with Gasteiger partial charge in [-0.1, -0.05) is 74.0 Å². The van der Waals surface area contributed by atoms with Gasteiger partial charge in [-0.2, -0.15) is 0 Å². The van der Waals surface area contributed by atoms with Crippen LogP contribution >= 0.6 is 0 Å². The van der Waals surface area contributed by atoms with Crippen LogP contribution in [-0.2, 0) is 6.54 Å². The molecule has 0 bridgehead atoms. The number of nitrogens with zero attached hydrogens (tertiary/aromatic N) is 2. The molecule has 4 rings (SSSR count). The van der Waals surface area contributed by atoms with Crippen molar-refractivity contribution in [3.63, 3.8) is 0 Å². The van der Waals surface area contributed by atoms with Crippen LogP contribution in [0.2, 0.25) is 0 Å². The second kappa shape index (κ2) is 11.0. The fourth-order valence-corrected chi connectivity index (χ4v) is 5.04. The summed E-state index contributed by atoms with van der Waals surface area (Å²) in [5.74, 6) is 0.785. The van der Waals surface area contributed by atoms with Crippen LogP contribution in [0.5, 0.6) is 0 Å². The predicted octanol–water partition coefficient (Wildman–Crippen LogP) is 6.15. The Kier molecular flexibility index (Phi) is 7.79. The minimum absolute atomic E-state index is 0.0872. The van der Waals surface area contributed by atoms with Crippen LogP contribution in [0.4, 0.5) is 4.39 Å². The van der Waals surface area contributed by atoms with Crippen molar-refractivity contribution in [1.82, 2.24) is 9.80 Å². The molecule has 0 saturated carbocycles. The first-order chi connectivity index (χ1) is 16.4. The van der Waals surface area contributed by atoms with Gasteiger partial charge < -0.3 is 4.90 Å². The number of rotatable bonds is 8. The molecule has 1 aliphatic rings. The molecule has 2 atom stereocenters. The molecule has 1 aliphatic heterocycles. The monoisotopic (exact) mass is 458 g/mol. The van der Waals surface area contributed by atoms with E-state index in [1.807, 2.05) is 47.4 Å². The summed E-state index contributed by atoms with van der Waals surface area (Å²) in [7, 11) is 0. The van der Waals surface area contributed by atoms with Gasteiger partial charge in [0.1, 0.15) is 5.82 Å². The van der Waals surface area contributed by atoms with Gasteiger partial charge in [-0.05, 0) is 54.2 Å². The van der Waals surface area contributed by atoms with Crippen molar-refractivity contribution >= 4 is 5.91 Å². The number of amides is 1. The summed E-state index contributed by atoms with van der Waals surface area (Å²) in [6.07, 6.45) is 0. The van der Waals surface area contributed by atoms with Gasteiger partial charge in [0.15, 0.2) is 0 Å². The minimum atomic E-state index is -0.213. The molecule has 4 heteroatoms. The van der Waals surface area contributed by atoms with Crippen LogP contribution in [0.3, 0.4) is 0 Å². The standard InChI is InChI=1S/C30H35FN2O/c1-22(2)17-33(30(34)26-7-5-4-6-8-26)20-27-19-32(18-24-11-9-23(3)10-12-24)21-29(27)25-13-15-28(31)16-14-25/h4-16,22,27,29H,17-21H2,1-3H3/t27-,29-/m0/s1. The Balaban J connectivity index is 1.57. The van der Waals surface area contributed by atoms with Crippen molar-refractivity contribution in [3.8, 4) is 0 Å². The van der Waals surface area contributed by atoms with E-state index in [-0.39, 0.29) is 23.6 Å². The zero-order valence-corrected chi connectivity index (χ0v) is 20.5. The van der Waals surface area contributed by atoms with E-state index in [0.29, 0.717) is 12.5 Å². The van der Waals surface area contributed by atoms with Crippen LogP contribution < -0.4 is 0 Å². The number of benzene rings is 3. The van der Waals surface area contributed by atoms with Crippen LogP contribution in [-0.4, -0.2) is 41.9 Å². The Morgan fingerprint density at radius 2 is 1.65 bits per heavy atom. The minimum Gasteiger partial charge on any atom is -0.338 e. The van der Waals surface area contributed by atoms with E-state index in [1.165, 1.54) is 11.1 Å². The topological polar surface area (TPSA) is 23.6 Å². The smallest absolute Gasteiger partial charge is 0.253 e. The van der Waals surface area contributed by atoms with Crippen LogP contribution in [0.1, 0.15) is 46.8 Å². The first-order valence-electron chi connectivity index (χ1n) is 12.3. The third-order valence-electron chi connectivity index (χ3n) is 6.69. The van der Waals surface area contributed by atoms with Gasteiger partial charge >= 0.3 is 0 Å². The second-order valence-electron chi connectivity index (χ2n) is 10.1. The molecule has 0 unspecified atom stereocenters. The Labute approximate surface area is 203 Å². The van der Waals surface area contributed by atoms with Crippen LogP contribution in [0, 0.1) is 24.6 Å². The van der Waals surface area contributed by atoms with Crippen LogP contribution in [0.25, 0.3) is 0 Å². The second-order valence-corrected chi connectivity index (χ2v) is 10.1. The lowest BCUT2D eigenvalue weighted by Gasteiger charge is -2.30. The Bertz CT molecular complexity index is 1060. The molecule has 1 saturated heterocycles. The van der Waals surface area contributed by atoms with E-state index in [1.54, 1.807) is 12.1 Å². The number of carbonyl (C=O) groups excluding carboxylic acids is 1. The average molecular weight is 459 g/mol. The van der Waals surface area contributed by atoms with Crippen molar-refractivity contribution in [2.75, 3.05) is 26.2 Å². The number of halogens is 1. The van der Waals surface area contributed by atoms with Crippen molar-refractivity contribution in [2.24, 2.45) is 11.8 Å². The highest BCUT2D eigenvalue weighted by atomic mass is 19.1. The molecule has 3 aromatic carbocycles. The van der Waals surface area contributed by atoms with E-state index in [2.05, 4.69) is 49.9 Å². The largest absolute Gasteiger partial charge is 0.338 e. The normalized spacial score (nSPS) is 18.4. The molecule has 1 heterocycles. The van der Waals surface area contributed by atoms with Gasteiger partial charge in [-0.15, -0.1) is 0 Å². The Morgan fingerprint density at radius 1 is 0.971 bits per heavy atom. The summed E-state index contributed by atoms with van der Waals surface area (Å²) >= 11 is 0. The molecule has 178 valence electrons. The van der Waals surface area contributed by atoms with Gasteiger partial charge in [0, 0.05) is 44.2 Å². The molecule has 3 aromatic rings. The lowest BCUT2D eigenvalue weighted by atomic mass is 9.88. The quantitative estimate of drug-likeness (QED) is 0.404. The number of hydrogen-bond acceptors (Lipinski definition) is 2. The molecule has 1 amide bonds. The molecule has 0 spiro atoms. The zero-order valence-electron chi connectivity index (χ0n) is 20.5. The zero-order chi connectivity index (χ0) is 24.1. The van der Waals surface area contributed by atoms with Gasteiger partial charge in [0.05, 0.1) is 0 Å². The highest BCUT2D eigenvalue weighted by Gasteiger charge is 2.36. The highest BCUT2D eigenvalue weighted by Crippen LogP contribution is 2.34. The molecule has 0 aliphatic carbocycles. The number of aryl methyl sites for hydroxylation is 1. The van der Waals surface area contributed by atoms with Crippen LogP contribution in [0.15, 0.2) is 78.9 Å².